The minimum absolute atomic E-state index is 0.0725. The van der Waals surface area contributed by atoms with Gasteiger partial charge in [-0.25, -0.2) is 0 Å². The summed E-state index contributed by atoms with van der Waals surface area (Å²) in [7, 11) is 1.98. The molecule has 1 amide bonds. The maximum absolute atomic E-state index is 12.7. The Morgan fingerprint density at radius 3 is 2.60 bits per heavy atom. The Morgan fingerprint density at radius 1 is 1.20 bits per heavy atom. The zero-order valence-electron chi connectivity index (χ0n) is 12.4. The number of para-hydroxylation sites is 1. The molecule has 3 rings (SSSR count). The number of hydrogen-bond acceptors (Lipinski definition) is 2. The molecular formula is C17H24N2O. The summed E-state index contributed by atoms with van der Waals surface area (Å²) in [5.74, 6) is 1.07. The molecule has 1 heterocycles. The monoisotopic (exact) mass is 272 g/mol. The number of hydrogen-bond donors (Lipinski definition) is 1. The third-order valence-electron chi connectivity index (χ3n) is 4.95. The number of nitrogens with zero attached hydrogens (tertiary/aromatic N) is 1. The van der Waals surface area contributed by atoms with Crippen LogP contribution in [0, 0.1) is 5.92 Å². The fourth-order valence-electron chi connectivity index (χ4n) is 3.50. The van der Waals surface area contributed by atoms with Gasteiger partial charge in [-0.2, -0.15) is 0 Å². The molecule has 1 atom stereocenters. The molecule has 1 aromatic carbocycles. The number of rotatable bonds is 2. The molecule has 0 radical (unpaired) electrons. The number of likely N-dealkylation sites (N-methyl/N-ethyl adjacent to an activating group) is 1. The van der Waals surface area contributed by atoms with Crippen LogP contribution < -0.4 is 5.32 Å². The quantitative estimate of drug-likeness (QED) is 0.897. The van der Waals surface area contributed by atoms with Gasteiger partial charge in [0.15, 0.2) is 0 Å². The molecule has 20 heavy (non-hydrogen) atoms. The lowest BCUT2D eigenvalue weighted by molar-refractivity contribution is -0.133. The van der Waals surface area contributed by atoms with Gasteiger partial charge in [0.2, 0.25) is 5.91 Å². The summed E-state index contributed by atoms with van der Waals surface area (Å²) in [4.78, 5) is 14.7. The van der Waals surface area contributed by atoms with Gasteiger partial charge in [-0.05, 0) is 43.2 Å². The first-order chi connectivity index (χ1) is 9.65. The van der Waals surface area contributed by atoms with Crippen LogP contribution in [0.3, 0.4) is 0 Å². The van der Waals surface area contributed by atoms with Crippen LogP contribution in [-0.2, 0) is 11.2 Å². The fourth-order valence-corrected chi connectivity index (χ4v) is 3.50. The lowest BCUT2D eigenvalue weighted by Gasteiger charge is -2.35. The molecular weight excluding hydrogens is 248 g/mol. The predicted octanol–water partition coefficient (Wildman–Crippen LogP) is 3.06. The van der Waals surface area contributed by atoms with Crippen LogP contribution in [0.5, 0.6) is 0 Å². The van der Waals surface area contributed by atoms with Gasteiger partial charge in [0, 0.05) is 25.2 Å². The summed E-state index contributed by atoms with van der Waals surface area (Å²) >= 11 is 0. The molecule has 3 nitrogen and oxygen atoms in total. The van der Waals surface area contributed by atoms with Crippen molar-refractivity contribution in [3.8, 4) is 0 Å². The molecule has 1 aliphatic carbocycles. The zero-order chi connectivity index (χ0) is 14.1. The van der Waals surface area contributed by atoms with E-state index in [2.05, 4.69) is 24.4 Å². The first kappa shape index (κ1) is 13.5. The van der Waals surface area contributed by atoms with E-state index in [1.54, 1.807) is 0 Å². The topological polar surface area (TPSA) is 32.3 Å². The van der Waals surface area contributed by atoms with E-state index in [-0.39, 0.29) is 11.9 Å². The molecule has 0 unspecified atom stereocenters. The number of benzene rings is 1. The molecule has 1 aliphatic heterocycles. The summed E-state index contributed by atoms with van der Waals surface area (Å²) in [5, 5.41) is 3.37. The highest BCUT2D eigenvalue weighted by Gasteiger charge is 2.32. The van der Waals surface area contributed by atoms with Crippen molar-refractivity contribution in [1.29, 1.82) is 0 Å². The number of fused-ring (bicyclic) bond motifs is 1. The third kappa shape index (κ3) is 2.54. The summed E-state index contributed by atoms with van der Waals surface area (Å²) < 4.78 is 0. The van der Waals surface area contributed by atoms with Gasteiger partial charge in [-0.15, -0.1) is 0 Å². The van der Waals surface area contributed by atoms with Crippen LogP contribution in [0.4, 0.5) is 5.69 Å². The van der Waals surface area contributed by atoms with Crippen molar-refractivity contribution in [3.05, 3.63) is 29.8 Å². The number of carbonyl (C=O) groups excluding carboxylic acids is 1. The summed E-state index contributed by atoms with van der Waals surface area (Å²) in [6.45, 7) is 2.31. The molecule has 0 bridgehead atoms. The largest absolute Gasteiger partial charge is 0.373 e. The van der Waals surface area contributed by atoms with Crippen molar-refractivity contribution in [2.75, 3.05) is 12.4 Å². The summed E-state index contributed by atoms with van der Waals surface area (Å²) in [6, 6.07) is 8.59. The average molecular weight is 272 g/mol. The smallest absolute Gasteiger partial charge is 0.245 e. The second-order valence-electron chi connectivity index (χ2n) is 6.42. The van der Waals surface area contributed by atoms with Crippen LogP contribution in [0.1, 0.15) is 38.2 Å². The minimum atomic E-state index is -0.0725. The Bertz CT molecular complexity index is 467. The van der Waals surface area contributed by atoms with Crippen LogP contribution in [0.25, 0.3) is 0 Å². The van der Waals surface area contributed by atoms with Gasteiger partial charge in [0.1, 0.15) is 6.04 Å². The highest BCUT2D eigenvalue weighted by Crippen LogP contribution is 2.29. The van der Waals surface area contributed by atoms with Crippen LogP contribution in [0.15, 0.2) is 24.3 Å². The lowest BCUT2D eigenvalue weighted by Crippen LogP contribution is -2.46. The van der Waals surface area contributed by atoms with Crippen LogP contribution in [-0.4, -0.2) is 29.9 Å². The van der Waals surface area contributed by atoms with E-state index >= 15 is 0 Å². The number of anilines is 1. The SMILES string of the molecule is CC1CCC(N(C)C(=O)[C@@H]2Cc3ccccc3N2)CC1. The first-order valence-electron chi connectivity index (χ1n) is 7.76. The van der Waals surface area contributed by atoms with E-state index in [0.717, 1.165) is 30.9 Å². The van der Waals surface area contributed by atoms with E-state index < -0.39 is 0 Å². The van der Waals surface area contributed by atoms with Gasteiger partial charge in [-0.3, -0.25) is 4.79 Å². The minimum Gasteiger partial charge on any atom is -0.373 e. The molecule has 0 aromatic heterocycles. The molecule has 0 spiro atoms. The van der Waals surface area contributed by atoms with Gasteiger partial charge in [0.05, 0.1) is 0 Å². The average Bonchev–Trinajstić information content (AvgIpc) is 2.90. The zero-order valence-corrected chi connectivity index (χ0v) is 12.4. The third-order valence-corrected chi connectivity index (χ3v) is 4.95. The molecule has 1 N–H and O–H groups in total. The second kappa shape index (κ2) is 5.47. The van der Waals surface area contributed by atoms with Crippen molar-refractivity contribution < 1.29 is 4.79 Å². The standard InChI is InChI=1S/C17H24N2O/c1-12-7-9-14(10-8-12)19(2)17(20)16-11-13-5-3-4-6-15(13)18-16/h3-6,12,14,16,18H,7-11H2,1-2H3/t12?,14?,16-/m0/s1. The van der Waals surface area contributed by atoms with Crippen molar-refractivity contribution in [1.82, 2.24) is 4.90 Å². The van der Waals surface area contributed by atoms with Gasteiger partial charge < -0.3 is 10.2 Å². The van der Waals surface area contributed by atoms with E-state index in [0.29, 0.717) is 6.04 Å². The van der Waals surface area contributed by atoms with E-state index in [1.165, 1.54) is 18.4 Å². The molecule has 1 saturated carbocycles. The highest BCUT2D eigenvalue weighted by molar-refractivity contribution is 5.87. The molecule has 108 valence electrons. The number of amides is 1. The Labute approximate surface area is 121 Å². The van der Waals surface area contributed by atoms with E-state index in [4.69, 9.17) is 0 Å². The summed E-state index contributed by atoms with van der Waals surface area (Å²) in [5.41, 5.74) is 2.38. The number of carbonyl (C=O) groups is 1. The van der Waals surface area contributed by atoms with Crippen molar-refractivity contribution in [3.63, 3.8) is 0 Å². The van der Waals surface area contributed by atoms with Crippen molar-refractivity contribution >= 4 is 11.6 Å². The molecule has 1 aromatic rings. The van der Waals surface area contributed by atoms with Crippen molar-refractivity contribution in [2.45, 2.75) is 51.1 Å². The fraction of sp³-hybridized carbons (Fsp3) is 0.588. The maximum atomic E-state index is 12.7. The normalized spacial score (nSPS) is 28.6. The number of nitrogens with one attached hydrogen (secondary N) is 1. The molecule has 2 aliphatic rings. The van der Waals surface area contributed by atoms with Gasteiger partial charge in [0.25, 0.3) is 0 Å². The summed E-state index contributed by atoms with van der Waals surface area (Å²) in [6.07, 6.45) is 5.63. The van der Waals surface area contributed by atoms with Crippen molar-refractivity contribution in [2.24, 2.45) is 5.92 Å². The Morgan fingerprint density at radius 2 is 1.90 bits per heavy atom. The highest BCUT2D eigenvalue weighted by atomic mass is 16.2. The van der Waals surface area contributed by atoms with E-state index in [9.17, 15) is 4.79 Å². The lowest BCUT2D eigenvalue weighted by atomic mass is 9.86. The Kier molecular flexibility index (Phi) is 3.68. The molecule has 1 fully saturated rings. The Balaban J connectivity index is 1.63. The second-order valence-corrected chi connectivity index (χ2v) is 6.42. The van der Waals surface area contributed by atoms with Gasteiger partial charge in [-0.1, -0.05) is 25.1 Å². The molecule has 0 saturated heterocycles. The van der Waals surface area contributed by atoms with Crippen LogP contribution >= 0.6 is 0 Å². The Hall–Kier alpha value is -1.51. The molecule has 3 heteroatoms. The van der Waals surface area contributed by atoms with E-state index in [1.807, 2.05) is 24.1 Å². The van der Waals surface area contributed by atoms with Crippen LogP contribution in [0.2, 0.25) is 0 Å². The maximum Gasteiger partial charge on any atom is 0.245 e. The first-order valence-corrected chi connectivity index (χ1v) is 7.76. The van der Waals surface area contributed by atoms with Gasteiger partial charge >= 0.3 is 0 Å². The predicted molar refractivity (Wildman–Crippen MR) is 81.7 cm³/mol.